The number of nitrogens with one attached hydrogen (secondary N) is 2. The number of rotatable bonds is 7. The van der Waals surface area contributed by atoms with Crippen molar-refractivity contribution in [1.82, 2.24) is 4.98 Å². The number of carboxylic acid groups (broad SMARTS) is 1. The number of carbonyl (C=O) groups is 3. The lowest BCUT2D eigenvalue weighted by Gasteiger charge is -2.26. The Bertz CT molecular complexity index is 1050. The van der Waals surface area contributed by atoms with Crippen molar-refractivity contribution in [2.45, 2.75) is 54.9 Å². The number of aliphatic carboxylic acids is 1. The lowest BCUT2D eigenvalue weighted by atomic mass is 10.1. The molecule has 3 amide bonds. The van der Waals surface area contributed by atoms with Gasteiger partial charge in [0.2, 0.25) is 5.91 Å². The summed E-state index contributed by atoms with van der Waals surface area (Å²) in [7, 11) is 0. The summed E-state index contributed by atoms with van der Waals surface area (Å²) in [6, 6.07) is 5.34. The van der Waals surface area contributed by atoms with Gasteiger partial charge < -0.3 is 10.4 Å². The van der Waals surface area contributed by atoms with E-state index in [1.54, 1.807) is 24.9 Å². The van der Waals surface area contributed by atoms with E-state index in [0.29, 0.717) is 24.0 Å². The summed E-state index contributed by atoms with van der Waals surface area (Å²) < 4.78 is -0.271. The van der Waals surface area contributed by atoms with Gasteiger partial charge in [0.25, 0.3) is 0 Å². The number of fused-ring (bicyclic) bond motifs is 1. The summed E-state index contributed by atoms with van der Waals surface area (Å²) in [6.07, 6.45) is 6.47. The summed E-state index contributed by atoms with van der Waals surface area (Å²) in [6.45, 7) is 3.86. The second-order valence-corrected chi connectivity index (χ2v) is 11.6. The van der Waals surface area contributed by atoms with Gasteiger partial charge in [-0.1, -0.05) is 42.0 Å². The number of nitrogens with zero attached hydrogens (tertiary/aromatic N) is 2. The Balaban J connectivity index is 1.52. The molecule has 170 valence electrons. The van der Waals surface area contributed by atoms with Crippen LogP contribution in [0.5, 0.6) is 0 Å². The first-order valence-electron chi connectivity index (χ1n) is 10.6. The Labute approximate surface area is 194 Å². The highest BCUT2D eigenvalue weighted by Gasteiger charge is 2.30. The number of thiazole rings is 1. The largest absolute Gasteiger partial charge is 0.480 e. The fourth-order valence-electron chi connectivity index (χ4n) is 3.95. The van der Waals surface area contributed by atoms with Crippen LogP contribution in [-0.4, -0.2) is 39.3 Å². The number of urea groups is 1. The van der Waals surface area contributed by atoms with Crippen LogP contribution >= 0.6 is 23.1 Å². The number of amides is 3. The first-order valence-corrected chi connectivity index (χ1v) is 12.2. The molecule has 0 bridgehead atoms. The summed E-state index contributed by atoms with van der Waals surface area (Å²) in [5.41, 5.74) is 2.41. The van der Waals surface area contributed by atoms with Crippen molar-refractivity contribution in [2.75, 3.05) is 22.1 Å². The molecule has 1 aromatic heterocycles. The maximum absolute atomic E-state index is 13.3. The molecule has 0 atom stereocenters. The van der Waals surface area contributed by atoms with Gasteiger partial charge >= 0.3 is 12.0 Å². The SMILES string of the molecule is CC(C)(Sc1cnc(NC(=O)N(CC2CCCC2)c2ccc3c(c2)NC(=O)C3)s1)C(=O)O. The van der Waals surface area contributed by atoms with Crippen molar-refractivity contribution in [3.8, 4) is 0 Å². The number of anilines is 3. The van der Waals surface area contributed by atoms with Crippen LogP contribution in [0.25, 0.3) is 0 Å². The zero-order valence-electron chi connectivity index (χ0n) is 18.0. The average molecular weight is 475 g/mol. The molecule has 1 aliphatic heterocycles. The molecule has 4 rings (SSSR count). The molecule has 1 aliphatic carbocycles. The minimum absolute atomic E-state index is 0.0407. The van der Waals surface area contributed by atoms with Gasteiger partial charge in [-0.05, 0) is 50.3 Å². The van der Waals surface area contributed by atoms with E-state index in [-0.39, 0.29) is 11.9 Å². The van der Waals surface area contributed by atoms with Crippen molar-refractivity contribution in [3.05, 3.63) is 30.0 Å². The quantitative estimate of drug-likeness (QED) is 0.496. The molecule has 2 aliphatic rings. The van der Waals surface area contributed by atoms with E-state index in [2.05, 4.69) is 15.6 Å². The van der Waals surface area contributed by atoms with Crippen molar-refractivity contribution in [2.24, 2.45) is 5.92 Å². The molecule has 2 aromatic rings. The van der Waals surface area contributed by atoms with E-state index in [1.807, 2.05) is 18.2 Å². The summed E-state index contributed by atoms with van der Waals surface area (Å²) >= 11 is 2.45. The fourth-order valence-corrected chi connectivity index (χ4v) is 6.21. The first kappa shape index (κ1) is 22.6. The number of carbonyl (C=O) groups excluding carboxylic acids is 2. The first-order chi connectivity index (χ1) is 15.2. The third-order valence-corrected chi connectivity index (χ3v) is 7.96. The Morgan fingerprint density at radius 3 is 2.81 bits per heavy atom. The lowest BCUT2D eigenvalue weighted by molar-refractivity contribution is -0.138. The second-order valence-electron chi connectivity index (χ2n) is 8.66. The van der Waals surface area contributed by atoms with Crippen LogP contribution in [0, 0.1) is 5.92 Å². The molecule has 3 N–H and O–H groups in total. The molecule has 10 heteroatoms. The zero-order chi connectivity index (χ0) is 22.9. The van der Waals surface area contributed by atoms with Gasteiger partial charge in [0, 0.05) is 17.9 Å². The van der Waals surface area contributed by atoms with Crippen molar-refractivity contribution in [3.63, 3.8) is 0 Å². The highest BCUT2D eigenvalue weighted by Crippen LogP contribution is 2.38. The van der Waals surface area contributed by atoms with Crippen molar-refractivity contribution >= 4 is 57.5 Å². The number of thioether (sulfide) groups is 1. The minimum atomic E-state index is -0.989. The van der Waals surface area contributed by atoms with Crippen LogP contribution in [0.1, 0.15) is 45.1 Å². The summed E-state index contributed by atoms with van der Waals surface area (Å²) in [4.78, 5) is 42.4. The minimum Gasteiger partial charge on any atom is -0.480 e. The monoisotopic (exact) mass is 474 g/mol. The normalized spacial score (nSPS) is 16.0. The molecule has 1 saturated carbocycles. The van der Waals surface area contributed by atoms with E-state index < -0.39 is 10.7 Å². The van der Waals surface area contributed by atoms with E-state index in [9.17, 15) is 19.5 Å². The third kappa shape index (κ3) is 5.07. The summed E-state index contributed by atoms with van der Waals surface area (Å²) in [5, 5.41) is 15.5. The molecule has 1 fully saturated rings. The second kappa shape index (κ2) is 9.11. The number of hydrogen-bond acceptors (Lipinski definition) is 6. The van der Waals surface area contributed by atoms with Gasteiger partial charge in [-0.3, -0.25) is 19.8 Å². The van der Waals surface area contributed by atoms with Crippen LogP contribution in [0.4, 0.5) is 21.3 Å². The molecule has 0 radical (unpaired) electrons. The molecular weight excluding hydrogens is 448 g/mol. The van der Waals surface area contributed by atoms with Crippen LogP contribution in [0.3, 0.4) is 0 Å². The van der Waals surface area contributed by atoms with Gasteiger partial charge in [-0.25, -0.2) is 9.78 Å². The average Bonchev–Trinajstić information content (AvgIpc) is 3.46. The zero-order valence-corrected chi connectivity index (χ0v) is 19.6. The maximum atomic E-state index is 13.3. The number of benzene rings is 1. The maximum Gasteiger partial charge on any atom is 0.328 e. The van der Waals surface area contributed by atoms with E-state index in [1.165, 1.54) is 35.9 Å². The van der Waals surface area contributed by atoms with Gasteiger partial charge in [0.05, 0.1) is 16.8 Å². The van der Waals surface area contributed by atoms with Crippen molar-refractivity contribution < 1.29 is 19.5 Å². The smallest absolute Gasteiger partial charge is 0.328 e. The molecule has 0 unspecified atom stereocenters. The molecule has 0 spiro atoms. The van der Waals surface area contributed by atoms with Crippen LogP contribution in [0.15, 0.2) is 28.6 Å². The van der Waals surface area contributed by atoms with Crippen LogP contribution < -0.4 is 15.5 Å². The van der Waals surface area contributed by atoms with E-state index >= 15 is 0 Å². The third-order valence-electron chi connectivity index (χ3n) is 5.76. The highest BCUT2D eigenvalue weighted by molar-refractivity contribution is 8.03. The standard InChI is InChI=1S/C22H26N4O4S2/c1-22(2,19(28)29)32-18-11-23-20(31-18)25-21(30)26(12-13-5-3-4-6-13)15-8-7-14-9-17(27)24-16(14)10-15/h7-8,10-11,13H,3-6,9,12H2,1-2H3,(H,24,27)(H,28,29)(H,23,25,30). The molecule has 8 nitrogen and oxygen atoms in total. The number of carboxylic acids is 1. The fraction of sp³-hybridized carbons (Fsp3) is 0.455. The van der Waals surface area contributed by atoms with E-state index in [4.69, 9.17) is 0 Å². The van der Waals surface area contributed by atoms with Gasteiger partial charge in [0.15, 0.2) is 5.13 Å². The Morgan fingerprint density at radius 1 is 1.34 bits per heavy atom. The molecular formula is C22H26N4O4S2. The Kier molecular flexibility index (Phi) is 6.43. The van der Waals surface area contributed by atoms with Crippen LogP contribution in [0.2, 0.25) is 0 Å². The predicted octanol–water partition coefficient (Wildman–Crippen LogP) is 4.82. The van der Waals surface area contributed by atoms with Gasteiger partial charge in [-0.2, -0.15) is 0 Å². The molecule has 1 aromatic carbocycles. The van der Waals surface area contributed by atoms with Gasteiger partial charge in [0.1, 0.15) is 4.75 Å². The lowest BCUT2D eigenvalue weighted by Crippen LogP contribution is -2.38. The van der Waals surface area contributed by atoms with Gasteiger partial charge in [-0.15, -0.1) is 0 Å². The van der Waals surface area contributed by atoms with Crippen molar-refractivity contribution in [1.29, 1.82) is 0 Å². The predicted molar refractivity (Wildman–Crippen MR) is 127 cm³/mol. The number of hydrogen-bond donors (Lipinski definition) is 3. The topological polar surface area (TPSA) is 112 Å². The van der Waals surface area contributed by atoms with Crippen LogP contribution in [-0.2, 0) is 16.0 Å². The summed E-state index contributed by atoms with van der Waals surface area (Å²) in [5.74, 6) is -0.517. The molecule has 0 saturated heterocycles. The number of aromatic nitrogens is 1. The van der Waals surface area contributed by atoms with E-state index in [0.717, 1.165) is 34.0 Å². The molecule has 2 heterocycles. The highest BCUT2D eigenvalue weighted by atomic mass is 32.2. The Morgan fingerprint density at radius 2 is 2.09 bits per heavy atom. The molecule has 32 heavy (non-hydrogen) atoms. The Hall–Kier alpha value is -2.59.